The fourth-order valence-corrected chi connectivity index (χ4v) is 3.05. The molecule has 5 N–H and O–H groups in total. The van der Waals surface area contributed by atoms with E-state index in [2.05, 4.69) is 31.2 Å². The van der Waals surface area contributed by atoms with Gasteiger partial charge < -0.3 is 35.7 Å². The molecule has 2 heterocycles. The fraction of sp³-hybridized carbons (Fsp3) is 0.381. The second-order valence-electron chi connectivity index (χ2n) is 7.22. The molecule has 0 aliphatic carbocycles. The number of rotatable bonds is 11. The van der Waals surface area contributed by atoms with Crippen molar-refractivity contribution < 1.29 is 24.2 Å². The topological polar surface area (TPSA) is 159 Å². The first-order valence-electron chi connectivity index (χ1n) is 10.5. The maximum atomic E-state index is 12.5. The number of amides is 2. The lowest BCUT2D eigenvalue weighted by Gasteiger charge is -2.16. The lowest BCUT2D eigenvalue weighted by Crippen LogP contribution is -2.48. The SMILES string of the molecule is O=C(NC(CNC(=O)c1cncn1CCCNC1=NCCN1)C(=O)O)OCc1ccccc1. The summed E-state index contributed by atoms with van der Waals surface area (Å²) in [7, 11) is 0. The molecule has 1 aliphatic heterocycles. The minimum atomic E-state index is -1.35. The van der Waals surface area contributed by atoms with Crippen LogP contribution < -0.4 is 21.3 Å². The summed E-state index contributed by atoms with van der Waals surface area (Å²) in [4.78, 5) is 44.2. The van der Waals surface area contributed by atoms with Gasteiger partial charge in [-0.3, -0.25) is 9.79 Å². The zero-order valence-corrected chi connectivity index (χ0v) is 18.0. The number of carbonyl (C=O) groups excluding carboxylic acids is 2. The number of imidazole rings is 1. The largest absolute Gasteiger partial charge is 0.480 e. The lowest BCUT2D eigenvalue weighted by molar-refractivity contribution is -0.139. The highest BCUT2D eigenvalue weighted by molar-refractivity contribution is 5.93. The normalized spacial score (nSPS) is 13.4. The molecule has 1 unspecified atom stereocenters. The van der Waals surface area contributed by atoms with Gasteiger partial charge in [-0.1, -0.05) is 30.3 Å². The number of carboxylic acids is 1. The van der Waals surface area contributed by atoms with Gasteiger partial charge >= 0.3 is 12.1 Å². The number of benzene rings is 1. The molecule has 176 valence electrons. The quantitative estimate of drug-likeness (QED) is 0.293. The first-order chi connectivity index (χ1) is 16.0. The number of nitrogens with zero attached hydrogens (tertiary/aromatic N) is 3. The highest BCUT2D eigenvalue weighted by atomic mass is 16.5. The van der Waals surface area contributed by atoms with Crippen LogP contribution >= 0.6 is 0 Å². The number of carboxylic acid groups (broad SMARTS) is 1. The third kappa shape index (κ3) is 7.52. The Morgan fingerprint density at radius 1 is 1.24 bits per heavy atom. The van der Waals surface area contributed by atoms with Crippen LogP contribution in [0.3, 0.4) is 0 Å². The van der Waals surface area contributed by atoms with Gasteiger partial charge in [-0.15, -0.1) is 0 Å². The maximum absolute atomic E-state index is 12.5. The van der Waals surface area contributed by atoms with Crippen molar-refractivity contribution in [2.24, 2.45) is 4.99 Å². The Kier molecular flexibility index (Phi) is 8.63. The second kappa shape index (κ2) is 12.1. The summed E-state index contributed by atoms with van der Waals surface area (Å²) < 4.78 is 6.72. The van der Waals surface area contributed by atoms with E-state index in [9.17, 15) is 19.5 Å². The highest BCUT2D eigenvalue weighted by Crippen LogP contribution is 2.03. The van der Waals surface area contributed by atoms with Gasteiger partial charge in [-0.05, 0) is 12.0 Å². The molecule has 2 amide bonds. The zero-order chi connectivity index (χ0) is 23.5. The summed E-state index contributed by atoms with van der Waals surface area (Å²) in [6.45, 7) is 2.47. The number of ether oxygens (including phenoxy) is 1. The molecule has 3 rings (SSSR count). The summed E-state index contributed by atoms with van der Waals surface area (Å²) in [5.74, 6) is -1.02. The third-order valence-electron chi connectivity index (χ3n) is 4.76. The van der Waals surface area contributed by atoms with Crippen LogP contribution in [-0.4, -0.2) is 70.8 Å². The second-order valence-corrected chi connectivity index (χ2v) is 7.22. The Labute approximate surface area is 190 Å². The van der Waals surface area contributed by atoms with E-state index < -0.39 is 24.0 Å². The van der Waals surface area contributed by atoms with E-state index in [0.717, 1.165) is 31.0 Å². The Morgan fingerprint density at radius 2 is 2.06 bits per heavy atom. The standard InChI is InChI=1S/C21H27N7O5/c29-18(17-12-22-14-28(17)10-4-7-23-20-24-8-9-25-20)26-11-16(19(30)31)27-21(32)33-13-15-5-2-1-3-6-15/h1-3,5-6,12,14,16H,4,7-11,13H2,(H,26,29)(H,27,32)(H,30,31)(H2,23,24,25). The molecule has 0 spiro atoms. The molecule has 12 heteroatoms. The van der Waals surface area contributed by atoms with Crippen molar-refractivity contribution in [1.29, 1.82) is 0 Å². The molecule has 1 aromatic carbocycles. The number of hydrogen-bond acceptors (Lipinski definition) is 8. The van der Waals surface area contributed by atoms with Gasteiger partial charge in [0.05, 0.1) is 19.1 Å². The van der Waals surface area contributed by atoms with Gasteiger partial charge in [0.2, 0.25) is 0 Å². The number of hydrogen-bond donors (Lipinski definition) is 5. The van der Waals surface area contributed by atoms with Crippen LogP contribution in [0, 0.1) is 0 Å². The van der Waals surface area contributed by atoms with Gasteiger partial charge in [-0.25, -0.2) is 14.6 Å². The minimum Gasteiger partial charge on any atom is -0.480 e. The van der Waals surface area contributed by atoms with Gasteiger partial charge in [-0.2, -0.15) is 0 Å². The van der Waals surface area contributed by atoms with E-state index >= 15 is 0 Å². The van der Waals surface area contributed by atoms with E-state index in [1.807, 2.05) is 6.07 Å². The van der Waals surface area contributed by atoms with Gasteiger partial charge in [0.1, 0.15) is 18.3 Å². The van der Waals surface area contributed by atoms with Gasteiger partial charge in [0, 0.05) is 26.2 Å². The Morgan fingerprint density at radius 3 is 2.79 bits per heavy atom. The molecule has 0 saturated heterocycles. The Balaban J connectivity index is 1.43. The smallest absolute Gasteiger partial charge is 0.408 e. The van der Waals surface area contributed by atoms with Crippen LogP contribution in [0.2, 0.25) is 0 Å². The number of aliphatic carboxylic acids is 1. The minimum absolute atomic E-state index is 0.00280. The molecule has 12 nitrogen and oxygen atoms in total. The van der Waals surface area contributed by atoms with Gasteiger partial charge in [0.15, 0.2) is 5.96 Å². The van der Waals surface area contributed by atoms with E-state index in [4.69, 9.17) is 4.74 Å². The first kappa shape index (κ1) is 23.6. The van der Waals surface area contributed by atoms with Crippen molar-refractivity contribution in [1.82, 2.24) is 30.8 Å². The summed E-state index contributed by atoms with van der Waals surface area (Å²) in [6.07, 6.45) is 2.78. The predicted octanol–water partition coefficient (Wildman–Crippen LogP) is -0.0686. The molecule has 0 saturated carbocycles. The zero-order valence-electron chi connectivity index (χ0n) is 18.0. The number of alkyl carbamates (subject to hydrolysis) is 1. The monoisotopic (exact) mass is 457 g/mol. The molecule has 2 aromatic rings. The number of aliphatic imine (C=N–C) groups is 1. The lowest BCUT2D eigenvalue weighted by atomic mass is 10.2. The predicted molar refractivity (Wildman–Crippen MR) is 119 cm³/mol. The fourth-order valence-electron chi connectivity index (χ4n) is 3.05. The van der Waals surface area contributed by atoms with E-state index in [0.29, 0.717) is 18.8 Å². The molecule has 1 aliphatic rings. The number of aryl methyl sites for hydroxylation is 1. The van der Waals surface area contributed by atoms with Crippen LogP contribution in [-0.2, 0) is 22.7 Å². The number of guanidine groups is 1. The summed E-state index contributed by atoms with van der Waals surface area (Å²) in [6, 6.07) is 7.64. The van der Waals surface area contributed by atoms with Crippen LogP contribution in [0.5, 0.6) is 0 Å². The van der Waals surface area contributed by atoms with Crippen molar-refractivity contribution in [2.45, 2.75) is 25.6 Å². The van der Waals surface area contributed by atoms with Crippen LogP contribution in [0.4, 0.5) is 4.79 Å². The number of carbonyl (C=O) groups is 3. The van der Waals surface area contributed by atoms with Crippen molar-refractivity contribution in [3.63, 3.8) is 0 Å². The molecular formula is C21H27N7O5. The highest BCUT2D eigenvalue weighted by Gasteiger charge is 2.22. The maximum Gasteiger partial charge on any atom is 0.408 e. The average Bonchev–Trinajstić information content (AvgIpc) is 3.50. The van der Waals surface area contributed by atoms with E-state index in [1.54, 1.807) is 28.8 Å². The van der Waals surface area contributed by atoms with Crippen LogP contribution in [0.1, 0.15) is 22.5 Å². The molecule has 0 fully saturated rings. The van der Waals surface area contributed by atoms with Crippen molar-refractivity contribution in [3.8, 4) is 0 Å². The molecule has 0 radical (unpaired) electrons. The summed E-state index contributed by atoms with van der Waals surface area (Å²) in [5, 5.41) is 20.4. The van der Waals surface area contributed by atoms with E-state index in [1.165, 1.54) is 12.5 Å². The average molecular weight is 457 g/mol. The van der Waals surface area contributed by atoms with Crippen LogP contribution in [0.25, 0.3) is 0 Å². The molecule has 1 aromatic heterocycles. The van der Waals surface area contributed by atoms with Crippen molar-refractivity contribution in [3.05, 3.63) is 54.1 Å². The van der Waals surface area contributed by atoms with Crippen molar-refractivity contribution >= 4 is 23.9 Å². The van der Waals surface area contributed by atoms with Gasteiger partial charge in [0.25, 0.3) is 5.91 Å². The molecule has 0 bridgehead atoms. The Bertz CT molecular complexity index is 976. The van der Waals surface area contributed by atoms with E-state index in [-0.39, 0.29) is 13.2 Å². The Hall–Kier alpha value is -4.09. The van der Waals surface area contributed by atoms with Crippen LogP contribution in [0.15, 0.2) is 47.8 Å². The molecule has 1 atom stereocenters. The van der Waals surface area contributed by atoms with Crippen molar-refractivity contribution in [2.75, 3.05) is 26.2 Å². The number of nitrogens with one attached hydrogen (secondary N) is 4. The first-order valence-corrected chi connectivity index (χ1v) is 10.5. The molecule has 33 heavy (non-hydrogen) atoms. The molecular weight excluding hydrogens is 430 g/mol. The third-order valence-corrected chi connectivity index (χ3v) is 4.76. The number of aromatic nitrogens is 2. The summed E-state index contributed by atoms with van der Waals surface area (Å²) >= 11 is 0. The summed E-state index contributed by atoms with van der Waals surface area (Å²) in [5.41, 5.74) is 1.06.